The molecule has 0 aliphatic carbocycles. The molecule has 0 spiro atoms. The zero-order chi connectivity index (χ0) is 12.3. The van der Waals surface area contributed by atoms with Gasteiger partial charge in [-0.05, 0) is 32.8 Å². The van der Waals surface area contributed by atoms with Crippen molar-refractivity contribution in [2.45, 2.75) is 44.9 Å². The predicted molar refractivity (Wildman–Crippen MR) is 66.4 cm³/mol. The van der Waals surface area contributed by atoms with Crippen LogP contribution in [-0.4, -0.2) is 18.8 Å². The lowest BCUT2D eigenvalue weighted by molar-refractivity contribution is 0.0115. The number of hydrogen-bond donors (Lipinski definition) is 1. The highest BCUT2D eigenvalue weighted by atomic mass is 19.1. The first kappa shape index (κ1) is 12.5. The topological polar surface area (TPSA) is 21.3 Å². The maximum absolute atomic E-state index is 13.6. The van der Waals surface area contributed by atoms with Crippen molar-refractivity contribution in [3.05, 3.63) is 35.6 Å². The van der Waals surface area contributed by atoms with Crippen LogP contribution in [-0.2, 0) is 4.74 Å². The molecule has 3 heteroatoms. The summed E-state index contributed by atoms with van der Waals surface area (Å²) in [4.78, 5) is 0. The van der Waals surface area contributed by atoms with Gasteiger partial charge in [0.15, 0.2) is 0 Å². The molecule has 2 nitrogen and oxygen atoms in total. The third-order valence-corrected chi connectivity index (χ3v) is 3.34. The molecule has 2 unspecified atom stereocenters. The van der Waals surface area contributed by atoms with Crippen LogP contribution >= 0.6 is 0 Å². The van der Waals surface area contributed by atoms with Gasteiger partial charge in [-0.1, -0.05) is 18.2 Å². The Balaban J connectivity index is 1.97. The van der Waals surface area contributed by atoms with Gasteiger partial charge in [0.1, 0.15) is 5.82 Å². The summed E-state index contributed by atoms with van der Waals surface area (Å²) >= 11 is 0. The summed E-state index contributed by atoms with van der Waals surface area (Å²) in [5.41, 5.74) is 0.742. The van der Waals surface area contributed by atoms with Gasteiger partial charge in [-0.3, -0.25) is 0 Å². The maximum atomic E-state index is 13.6. The molecular weight excluding hydrogens is 217 g/mol. The van der Waals surface area contributed by atoms with Crippen LogP contribution < -0.4 is 5.32 Å². The van der Waals surface area contributed by atoms with Gasteiger partial charge in [-0.2, -0.15) is 0 Å². The molecule has 0 bridgehead atoms. The van der Waals surface area contributed by atoms with Crippen LogP contribution in [0.4, 0.5) is 4.39 Å². The molecule has 0 saturated carbocycles. The molecule has 94 valence electrons. The molecule has 1 aliphatic rings. The molecule has 1 aliphatic heterocycles. The molecule has 0 aromatic heterocycles. The Hall–Kier alpha value is -0.930. The van der Waals surface area contributed by atoms with Crippen LogP contribution in [0.25, 0.3) is 0 Å². The first-order valence-corrected chi connectivity index (χ1v) is 6.29. The van der Waals surface area contributed by atoms with E-state index < -0.39 is 0 Å². The summed E-state index contributed by atoms with van der Waals surface area (Å²) in [5, 5.41) is 3.49. The highest BCUT2D eigenvalue weighted by Crippen LogP contribution is 2.20. The molecule has 3 atom stereocenters. The molecule has 1 N–H and O–H groups in total. The Kier molecular flexibility index (Phi) is 4.13. The van der Waals surface area contributed by atoms with Crippen molar-refractivity contribution >= 4 is 0 Å². The first-order valence-electron chi connectivity index (χ1n) is 6.29. The van der Waals surface area contributed by atoms with Crippen LogP contribution in [0.5, 0.6) is 0 Å². The highest BCUT2D eigenvalue weighted by Gasteiger charge is 2.21. The van der Waals surface area contributed by atoms with Gasteiger partial charge in [0.05, 0.1) is 6.10 Å². The molecule has 0 radical (unpaired) electrons. The highest BCUT2D eigenvalue weighted by molar-refractivity contribution is 5.20. The Labute approximate surface area is 102 Å². The molecule has 1 fully saturated rings. The fourth-order valence-electron chi connectivity index (χ4n) is 2.42. The van der Waals surface area contributed by atoms with Crippen LogP contribution in [0.1, 0.15) is 38.3 Å². The number of halogens is 1. The number of rotatable bonds is 3. The molecule has 1 aromatic carbocycles. The Bertz CT molecular complexity index is 369. The summed E-state index contributed by atoms with van der Waals surface area (Å²) in [5.74, 6) is -0.132. The van der Waals surface area contributed by atoms with Crippen molar-refractivity contribution in [2.24, 2.45) is 0 Å². The molecular formula is C14H20FNO. The summed E-state index contributed by atoms with van der Waals surface area (Å²) in [7, 11) is 0. The smallest absolute Gasteiger partial charge is 0.127 e. The summed E-state index contributed by atoms with van der Waals surface area (Å²) in [6.45, 7) is 4.89. The number of nitrogens with one attached hydrogen (secondary N) is 1. The van der Waals surface area contributed by atoms with Gasteiger partial charge in [0, 0.05) is 24.3 Å². The van der Waals surface area contributed by atoms with Gasteiger partial charge in [-0.15, -0.1) is 0 Å². The van der Waals surface area contributed by atoms with E-state index in [0.717, 1.165) is 25.0 Å². The van der Waals surface area contributed by atoms with Gasteiger partial charge < -0.3 is 10.1 Å². The van der Waals surface area contributed by atoms with Crippen molar-refractivity contribution < 1.29 is 9.13 Å². The minimum absolute atomic E-state index is 0.0477. The summed E-state index contributed by atoms with van der Waals surface area (Å²) in [6.07, 6.45) is 2.30. The summed E-state index contributed by atoms with van der Waals surface area (Å²) < 4.78 is 19.1. The third-order valence-electron chi connectivity index (χ3n) is 3.34. The SMILES string of the molecule is CC1CC(N[C@H](C)c2ccccc2F)CCO1. The predicted octanol–water partition coefficient (Wildman–Crippen LogP) is 3.04. The molecule has 0 amide bonds. The van der Waals surface area contributed by atoms with E-state index in [4.69, 9.17) is 4.74 Å². The Morgan fingerprint density at radius 1 is 1.41 bits per heavy atom. The van der Waals surface area contributed by atoms with Crippen LogP contribution in [0, 0.1) is 5.82 Å². The second kappa shape index (κ2) is 5.61. The van der Waals surface area contributed by atoms with E-state index >= 15 is 0 Å². The lowest BCUT2D eigenvalue weighted by Crippen LogP contribution is -2.39. The van der Waals surface area contributed by atoms with Crippen molar-refractivity contribution in [3.63, 3.8) is 0 Å². The van der Waals surface area contributed by atoms with E-state index in [2.05, 4.69) is 12.2 Å². The largest absolute Gasteiger partial charge is 0.378 e. The van der Waals surface area contributed by atoms with E-state index in [1.54, 1.807) is 6.07 Å². The monoisotopic (exact) mass is 237 g/mol. The number of hydrogen-bond acceptors (Lipinski definition) is 2. The van der Waals surface area contributed by atoms with Crippen LogP contribution in [0.2, 0.25) is 0 Å². The lowest BCUT2D eigenvalue weighted by Gasteiger charge is -2.30. The van der Waals surface area contributed by atoms with Crippen molar-refractivity contribution in [1.82, 2.24) is 5.32 Å². The Morgan fingerprint density at radius 2 is 2.18 bits per heavy atom. The minimum atomic E-state index is -0.132. The van der Waals surface area contributed by atoms with Gasteiger partial charge >= 0.3 is 0 Å². The maximum Gasteiger partial charge on any atom is 0.127 e. The van der Waals surface area contributed by atoms with E-state index in [-0.39, 0.29) is 11.9 Å². The van der Waals surface area contributed by atoms with Gasteiger partial charge in [-0.25, -0.2) is 4.39 Å². The normalized spacial score (nSPS) is 26.8. The quantitative estimate of drug-likeness (QED) is 0.872. The number of ether oxygens (including phenoxy) is 1. The van der Waals surface area contributed by atoms with E-state index in [0.29, 0.717) is 12.1 Å². The van der Waals surface area contributed by atoms with Crippen LogP contribution in [0.15, 0.2) is 24.3 Å². The van der Waals surface area contributed by atoms with Gasteiger partial charge in [0.25, 0.3) is 0 Å². The van der Waals surface area contributed by atoms with Crippen molar-refractivity contribution in [3.8, 4) is 0 Å². The molecule has 2 rings (SSSR count). The second-order valence-corrected chi connectivity index (χ2v) is 4.81. The second-order valence-electron chi connectivity index (χ2n) is 4.81. The lowest BCUT2D eigenvalue weighted by atomic mass is 10.0. The zero-order valence-corrected chi connectivity index (χ0v) is 10.4. The Morgan fingerprint density at radius 3 is 2.88 bits per heavy atom. The average Bonchev–Trinajstić information content (AvgIpc) is 2.29. The first-order chi connectivity index (χ1) is 8.16. The molecule has 17 heavy (non-hydrogen) atoms. The molecule has 1 saturated heterocycles. The zero-order valence-electron chi connectivity index (χ0n) is 10.4. The van der Waals surface area contributed by atoms with Gasteiger partial charge in [0.2, 0.25) is 0 Å². The fourth-order valence-corrected chi connectivity index (χ4v) is 2.42. The average molecular weight is 237 g/mol. The fraction of sp³-hybridized carbons (Fsp3) is 0.571. The minimum Gasteiger partial charge on any atom is -0.378 e. The van der Waals surface area contributed by atoms with E-state index in [1.165, 1.54) is 6.07 Å². The standard InChI is InChI=1S/C14H20FNO/c1-10-9-12(7-8-17-10)16-11(2)13-5-3-4-6-14(13)15/h3-6,10-12,16H,7-9H2,1-2H3/t10?,11-,12?/m1/s1. The molecule has 1 heterocycles. The third kappa shape index (κ3) is 3.27. The molecule has 1 aromatic rings. The summed E-state index contributed by atoms with van der Waals surface area (Å²) in [6, 6.07) is 7.43. The van der Waals surface area contributed by atoms with Crippen molar-refractivity contribution in [2.75, 3.05) is 6.61 Å². The van der Waals surface area contributed by atoms with Crippen LogP contribution in [0.3, 0.4) is 0 Å². The van der Waals surface area contributed by atoms with E-state index in [9.17, 15) is 4.39 Å². The number of benzene rings is 1. The van der Waals surface area contributed by atoms with Crippen molar-refractivity contribution in [1.29, 1.82) is 0 Å². The van der Waals surface area contributed by atoms with E-state index in [1.807, 2.05) is 19.1 Å².